The van der Waals surface area contributed by atoms with E-state index in [1.807, 2.05) is 18.2 Å². The predicted molar refractivity (Wildman–Crippen MR) is 61.9 cm³/mol. The fraction of sp³-hybridized carbons (Fsp3) is 0.538. The Bertz CT molecular complexity index is 313. The van der Waals surface area contributed by atoms with Gasteiger partial charge in [0.15, 0.2) is 5.78 Å². The summed E-state index contributed by atoms with van der Waals surface area (Å²) in [6.45, 7) is 0. The van der Waals surface area contributed by atoms with E-state index in [4.69, 9.17) is 0 Å². The van der Waals surface area contributed by atoms with Crippen molar-refractivity contribution < 1.29 is 14.3 Å². The lowest BCUT2D eigenvalue weighted by Crippen LogP contribution is -1.98. The van der Waals surface area contributed by atoms with Crippen LogP contribution in [0.3, 0.4) is 0 Å². The zero-order chi connectivity index (χ0) is 11.8. The Hall–Kier alpha value is -1.38. The predicted octanol–water partition coefficient (Wildman–Crippen LogP) is 2.57. The quantitative estimate of drug-likeness (QED) is 0.512. The molecule has 0 bridgehead atoms. The molecule has 1 aliphatic carbocycles. The molecular weight excluding hydrogens is 204 g/mol. The number of rotatable bonds is 6. The number of Topliss-reactive ketones (excluding diaryl/α,β-unsaturated/α-hetero) is 1. The molecule has 0 spiro atoms. The summed E-state index contributed by atoms with van der Waals surface area (Å²) in [4.78, 5) is 22.0. The van der Waals surface area contributed by atoms with E-state index in [2.05, 4.69) is 4.74 Å². The minimum Gasteiger partial charge on any atom is -0.469 e. The number of ether oxygens (including phenoxy) is 1. The van der Waals surface area contributed by atoms with E-state index in [9.17, 15) is 9.59 Å². The third kappa shape index (κ3) is 4.43. The van der Waals surface area contributed by atoms with Gasteiger partial charge in [-0.3, -0.25) is 9.59 Å². The summed E-state index contributed by atoms with van der Waals surface area (Å²) < 4.78 is 4.54. The fourth-order valence-corrected chi connectivity index (χ4v) is 1.62. The molecule has 0 fully saturated rings. The second-order valence-electron chi connectivity index (χ2n) is 3.85. The highest BCUT2D eigenvalue weighted by Crippen LogP contribution is 2.15. The first kappa shape index (κ1) is 12.7. The van der Waals surface area contributed by atoms with Crippen LogP contribution in [-0.4, -0.2) is 18.9 Å². The summed E-state index contributed by atoms with van der Waals surface area (Å²) in [5.41, 5.74) is 0.841. The van der Waals surface area contributed by atoms with Crippen molar-refractivity contribution in [3.8, 4) is 0 Å². The highest BCUT2D eigenvalue weighted by molar-refractivity contribution is 6.00. The molecule has 1 rings (SSSR count). The van der Waals surface area contributed by atoms with Crippen molar-refractivity contribution >= 4 is 11.8 Å². The number of hydrogen-bond acceptors (Lipinski definition) is 3. The second kappa shape index (κ2) is 6.99. The van der Waals surface area contributed by atoms with Gasteiger partial charge in [-0.1, -0.05) is 18.2 Å². The molecule has 0 aromatic carbocycles. The van der Waals surface area contributed by atoms with E-state index in [-0.39, 0.29) is 11.8 Å². The molecule has 16 heavy (non-hydrogen) atoms. The van der Waals surface area contributed by atoms with Gasteiger partial charge in [0, 0.05) is 18.4 Å². The molecule has 3 nitrogen and oxygen atoms in total. The van der Waals surface area contributed by atoms with E-state index < -0.39 is 0 Å². The molecule has 0 heterocycles. The van der Waals surface area contributed by atoms with E-state index >= 15 is 0 Å². The number of esters is 1. The Kier molecular flexibility index (Phi) is 5.54. The van der Waals surface area contributed by atoms with Gasteiger partial charge in [0.25, 0.3) is 0 Å². The van der Waals surface area contributed by atoms with Crippen LogP contribution in [0.25, 0.3) is 0 Å². The van der Waals surface area contributed by atoms with Crippen LogP contribution >= 0.6 is 0 Å². The van der Waals surface area contributed by atoms with Crippen LogP contribution in [0.15, 0.2) is 23.8 Å². The van der Waals surface area contributed by atoms with E-state index in [1.54, 1.807) is 0 Å². The van der Waals surface area contributed by atoms with Gasteiger partial charge in [0.1, 0.15) is 0 Å². The molecule has 0 aromatic heterocycles. The first-order valence-corrected chi connectivity index (χ1v) is 5.70. The Morgan fingerprint density at radius 1 is 1.50 bits per heavy atom. The summed E-state index contributed by atoms with van der Waals surface area (Å²) in [5.74, 6) is 0.0865. The summed E-state index contributed by atoms with van der Waals surface area (Å²) in [6.07, 6.45) is 10.6. The summed E-state index contributed by atoms with van der Waals surface area (Å²) in [7, 11) is 1.40. The number of methoxy groups -OCH3 is 1. The lowest BCUT2D eigenvalue weighted by atomic mass is 10.1. The molecule has 0 aromatic rings. The molecular formula is C13H18O3. The summed E-state index contributed by atoms with van der Waals surface area (Å²) in [6, 6.07) is 0. The first-order chi connectivity index (χ1) is 7.74. The molecule has 0 saturated heterocycles. The highest BCUT2D eigenvalue weighted by Gasteiger charge is 2.10. The molecule has 0 unspecified atom stereocenters. The van der Waals surface area contributed by atoms with Crippen molar-refractivity contribution in [2.45, 2.75) is 38.5 Å². The van der Waals surface area contributed by atoms with Gasteiger partial charge in [-0.25, -0.2) is 0 Å². The van der Waals surface area contributed by atoms with Gasteiger partial charge in [0.05, 0.1) is 7.11 Å². The molecule has 88 valence electrons. The average molecular weight is 222 g/mol. The maximum absolute atomic E-state index is 11.2. The number of unbranched alkanes of at least 4 members (excludes halogenated alkanes) is 2. The van der Waals surface area contributed by atoms with Crippen LogP contribution in [0.4, 0.5) is 0 Å². The molecule has 1 aliphatic rings. The number of carbonyl (C=O) groups excluding carboxylic acids is 2. The van der Waals surface area contributed by atoms with E-state index in [0.717, 1.165) is 31.3 Å². The van der Waals surface area contributed by atoms with Crippen LogP contribution < -0.4 is 0 Å². The highest BCUT2D eigenvalue weighted by atomic mass is 16.5. The molecule has 0 aliphatic heterocycles. The van der Waals surface area contributed by atoms with Gasteiger partial charge in [-0.15, -0.1) is 0 Å². The fourth-order valence-electron chi connectivity index (χ4n) is 1.62. The molecule has 3 heteroatoms. The van der Waals surface area contributed by atoms with Crippen molar-refractivity contribution in [1.29, 1.82) is 0 Å². The van der Waals surface area contributed by atoms with Gasteiger partial charge in [-0.2, -0.15) is 0 Å². The molecule has 0 atom stereocenters. The lowest BCUT2D eigenvalue weighted by molar-refractivity contribution is -0.140. The standard InChI is InChI=1S/C13H18O3/c1-16-13(15)10-5-3-2-4-7-11-8-6-9-12(11)14/h4,7-8H,2-3,5-6,9-10H2,1H3. The number of allylic oxidation sites excluding steroid dienone is 4. The third-order valence-corrected chi connectivity index (χ3v) is 2.58. The Morgan fingerprint density at radius 3 is 2.94 bits per heavy atom. The Balaban J connectivity index is 2.09. The summed E-state index contributed by atoms with van der Waals surface area (Å²) in [5, 5.41) is 0. The van der Waals surface area contributed by atoms with Gasteiger partial charge in [-0.05, 0) is 25.7 Å². The molecule has 0 amide bonds. The van der Waals surface area contributed by atoms with E-state index in [1.165, 1.54) is 7.11 Å². The number of hydrogen-bond donors (Lipinski definition) is 0. The summed E-state index contributed by atoms with van der Waals surface area (Å²) >= 11 is 0. The maximum atomic E-state index is 11.2. The number of carbonyl (C=O) groups is 2. The van der Waals surface area contributed by atoms with E-state index in [0.29, 0.717) is 12.8 Å². The average Bonchev–Trinajstić information content (AvgIpc) is 2.69. The Morgan fingerprint density at radius 2 is 2.31 bits per heavy atom. The lowest BCUT2D eigenvalue weighted by Gasteiger charge is -1.97. The van der Waals surface area contributed by atoms with Crippen molar-refractivity contribution in [3.05, 3.63) is 23.8 Å². The zero-order valence-corrected chi connectivity index (χ0v) is 9.70. The molecule has 0 radical (unpaired) electrons. The SMILES string of the molecule is COC(=O)CCCCC=CC1=CCCC1=O. The van der Waals surface area contributed by atoms with Gasteiger partial charge >= 0.3 is 5.97 Å². The van der Waals surface area contributed by atoms with Crippen molar-refractivity contribution in [2.75, 3.05) is 7.11 Å². The molecule has 0 saturated carbocycles. The van der Waals surface area contributed by atoms with Crippen LogP contribution in [0.1, 0.15) is 38.5 Å². The van der Waals surface area contributed by atoms with Crippen molar-refractivity contribution in [3.63, 3.8) is 0 Å². The van der Waals surface area contributed by atoms with Crippen LogP contribution in [-0.2, 0) is 14.3 Å². The van der Waals surface area contributed by atoms with Gasteiger partial charge in [0.2, 0.25) is 0 Å². The van der Waals surface area contributed by atoms with Gasteiger partial charge < -0.3 is 4.74 Å². The minimum absolute atomic E-state index is 0.155. The van der Waals surface area contributed by atoms with Crippen LogP contribution in [0.2, 0.25) is 0 Å². The first-order valence-electron chi connectivity index (χ1n) is 5.70. The number of ketones is 1. The van der Waals surface area contributed by atoms with Crippen molar-refractivity contribution in [2.24, 2.45) is 0 Å². The largest absolute Gasteiger partial charge is 0.469 e. The second-order valence-corrected chi connectivity index (χ2v) is 3.85. The monoisotopic (exact) mass is 222 g/mol. The third-order valence-electron chi connectivity index (χ3n) is 2.58. The topological polar surface area (TPSA) is 43.4 Å². The van der Waals surface area contributed by atoms with Crippen molar-refractivity contribution in [1.82, 2.24) is 0 Å². The smallest absolute Gasteiger partial charge is 0.305 e. The Labute approximate surface area is 96.2 Å². The normalized spacial score (nSPS) is 15.6. The zero-order valence-electron chi connectivity index (χ0n) is 9.70. The van der Waals surface area contributed by atoms with Crippen LogP contribution in [0.5, 0.6) is 0 Å². The maximum Gasteiger partial charge on any atom is 0.305 e. The van der Waals surface area contributed by atoms with Crippen LogP contribution in [0, 0.1) is 0 Å². The minimum atomic E-state index is -0.155. The molecule has 0 N–H and O–H groups in total.